The second-order valence-corrected chi connectivity index (χ2v) is 3.87. The smallest absolute Gasteiger partial charge is 0.195 e. The minimum Gasteiger partial charge on any atom is -0.330 e. The van der Waals surface area contributed by atoms with Crippen LogP contribution >= 0.6 is 12.2 Å². The van der Waals surface area contributed by atoms with Gasteiger partial charge in [0.25, 0.3) is 0 Å². The second kappa shape index (κ2) is 4.53. The highest BCUT2D eigenvalue weighted by Gasteiger charge is 2.05. The van der Waals surface area contributed by atoms with Crippen molar-refractivity contribution >= 4 is 12.2 Å². The largest absolute Gasteiger partial charge is 0.330 e. The monoisotopic (exact) mass is 200 g/mol. The van der Waals surface area contributed by atoms with Crippen LogP contribution in [0.3, 0.4) is 0 Å². The minimum atomic E-state index is 0.570. The fourth-order valence-electron chi connectivity index (χ4n) is 1.22. The molecule has 0 radical (unpaired) electrons. The van der Waals surface area contributed by atoms with E-state index < -0.39 is 0 Å². The number of H-pyrrole nitrogens is 1. The lowest BCUT2D eigenvalue weighted by atomic mass is 10.2. The Hall–Kier alpha value is -0.680. The molecule has 13 heavy (non-hydrogen) atoms. The Morgan fingerprint density at radius 1 is 1.62 bits per heavy atom. The molecule has 0 fully saturated rings. The SMILES string of the molecule is CC(C)Cn1c(CCN)n[nH]c1=S. The fraction of sp³-hybridized carbons (Fsp3) is 0.750. The van der Waals surface area contributed by atoms with E-state index in [9.17, 15) is 0 Å². The van der Waals surface area contributed by atoms with E-state index in [0.29, 0.717) is 17.2 Å². The van der Waals surface area contributed by atoms with Gasteiger partial charge in [-0.3, -0.25) is 5.10 Å². The number of aromatic nitrogens is 3. The van der Waals surface area contributed by atoms with Crippen molar-refractivity contribution in [1.29, 1.82) is 0 Å². The molecule has 1 aromatic rings. The lowest BCUT2D eigenvalue weighted by Gasteiger charge is -2.08. The second-order valence-electron chi connectivity index (χ2n) is 3.49. The molecule has 1 aromatic heterocycles. The molecular formula is C8H16N4S. The third kappa shape index (κ3) is 2.63. The molecule has 0 unspecified atom stereocenters. The maximum absolute atomic E-state index is 5.47. The molecule has 3 N–H and O–H groups in total. The lowest BCUT2D eigenvalue weighted by molar-refractivity contribution is 0.502. The predicted octanol–water partition coefficient (Wildman–Crippen LogP) is 1.10. The molecule has 0 saturated heterocycles. The Labute approximate surface area is 83.1 Å². The average molecular weight is 200 g/mol. The first-order chi connectivity index (χ1) is 6.15. The van der Waals surface area contributed by atoms with E-state index in [0.717, 1.165) is 18.8 Å². The first kappa shape index (κ1) is 10.4. The number of nitrogens with two attached hydrogens (primary N) is 1. The standard InChI is InChI=1S/C8H16N4S/c1-6(2)5-12-7(3-4-9)10-11-8(12)13/h6H,3-5,9H2,1-2H3,(H,11,13). The van der Waals surface area contributed by atoms with Gasteiger partial charge in [0.05, 0.1) is 0 Å². The molecule has 0 aromatic carbocycles. The quantitative estimate of drug-likeness (QED) is 0.715. The van der Waals surface area contributed by atoms with Gasteiger partial charge >= 0.3 is 0 Å². The number of nitrogens with one attached hydrogen (secondary N) is 1. The van der Waals surface area contributed by atoms with Gasteiger partial charge in [-0.2, -0.15) is 5.10 Å². The van der Waals surface area contributed by atoms with Crippen LogP contribution in [0.25, 0.3) is 0 Å². The van der Waals surface area contributed by atoms with Crippen LogP contribution in [0.1, 0.15) is 19.7 Å². The number of rotatable bonds is 4. The molecule has 0 aliphatic rings. The Kier molecular flexibility index (Phi) is 3.62. The van der Waals surface area contributed by atoms with Crippen LogP contribution in [0, 0.1) is 10.7 Å². The summed E-state index contributed by atoms with van der Waals surface area (Å²) in [5.41, 5.74) is 5.47. The summed E-state index contributed by atoms with van der Waals surface area (Å²) in [6.45, 7) is 5.82. The summed E-state index contributed by atoms with van der Waals surface area (Å²) in [5, 5.41) is 6.91. The van der Waals surface area contributed by atoms with E-state index >= 15 is 0 Å². The molecule has 5 heteroatoms. The van der Waals surface area contributed by atoms with Crippen LogP contribution in [0.15, 0.2) is 0 Å². The van der Waals surface area contributed by atoms with Crippen LogP contribution in [0.2, 0.25) is 0 Å². The van der Waals surface area contributed by atoms with Gasteiger partial charge in [0.2, 0.25) is 0 Å². The Morgan fingerprint density at radius 3 is 2.85 bits per heavy atom. The van der Waals surface area contributed by atoms with E-state index in [-0.39, 0.29) is 0 Å². The van der Waals surface area contributed by atoms with Gasteiger partial charge in [0.15, 0.2) is 4.77 Å². The van der Waals surface area contributed by atoms with Crippen LogP contribution in [-0.4, -0.2) is 21.3 Å². The van der Waals surface area contributed by atoms with E-state index in [1.54, 1.807) is 0 Å². The van der Waals surface area contributed by atoms with Crippen molar-refractivity contribution in [3.05, 3.63) is 10.6 Å². The fourth-order valence-corrected chi connectivity index (χ4v) is 1.45. The number of aromatic amines is 1. The van der Waals surface area contributed by atoms with E-state index in [1.807, 2.05) is 4.57 Å². The highest BCUT2D eigenvalue weighted by molar-refractivity contribution is 7.71. The van der Waals surface area contributed by atoms with Crippen molar-refractivity contribution in [3.63, 3.8) is 0 Å². The first-order valence-electron chi connectivity index (χ1n) is 4.49. The third-order valence-corrected chi connectivity index (χ3v) is 2.06. The molecular weight excluding hydrogens is 184 g/mol. The van der Waals surface area contributed by atoms with Crippen molar-refractivity contribution in [1.82, 2.24) is 14.8 Å². The van der Waals surface area contributed by atoms with Gasteiger partial charge in [-0.1, -0.05) is 13.8 Å². The van der Waals surface area contributed by atoms with E-state index in [1.165, 1.54) is 0 Å². The Balaban J connectivity index is 2.88. The summed E-state index contributed by atoms with van der Waals surface area (Å²) >= 11 is 5.11. The summed E-state index contributed by atoms with van der Waals surface area (Å²) in [7, 11) is 0. The molecule has 0 amide bonds. The zero-order valence-electron chi connectivity index (χ0n) is 8.08. The Bertz CT molecular complexity index is 312. The minimum absolute atomic E-state index is 0.570. The Morgan fingerprint density at radius 2 is 2.31 bits per heavy atom. The van der Waals surface area contributed by atoms with Gasteiger partial charge in [0, 0.05) is 13.0 Å². The van der Waals surface area contributed by atoms with E-state index in [2.05, 4.69) is 24.0 Å². The van der Waals surface area contributed by atoms with Crippen LogP contribution in [0.4, 0.5) is 0 Å². The normalized spacial score (nSPS) is 11.1. The number of hydrogen-bond donors (Lipinski definition) is 2. The van der Waals surface area contributed by atoms with Crippen molar-refractivity contribution in [3.8, 4) is 0 Å². The molecule has 4 nitrogen and oxygen atoms in total. The van der Waals surface area contributed by atoms with Crippen molar-refractivity contribution < 1.29 is 0 Å². The topological polar surface area (TPSA) is 59.6 Å². The maximum atomic E-state index is 5.47. The number of nitrogens with zero attached hydrogens (tertiary/aromatic N) is 2. The molecule has 1 heterocycles. The number of hydrogen-bond acceptors (Lipinski definition) is 3. The summed E-state index contributed by atoms with van der Waals surface area (Å²) in [4.78, 5) is 0. The average Bonchev–Trinajstić information content (AvgIpc) is 2.36. The van der Waals surface area contributed by atoms with Crippen LogP contribution in [0.5, 0.6) is 0 Å². The molecule has 1 rings (SSSR count). The maximum Gasteiger partial charge on any atom is 0.195 e. The molecule has 74 valence electrons. The summed E-state index contributed by atoms with van der Waals surface area (Å²) in [6, 6.07) is 0. The zero-order valence-corrected chi connectivity index (χ0v) is 8.90. The third-order valence-electron chi connectivity index (χ3n) is 1.75. The van der Waals surface area contributed by atoms with E-state index in [4.69, 9.17) is 18.0 Å². The van der Waals surface area contributed by atoms with Gasteiger partial charge < -0.3 is 10.3 Å². The highest BCUT2D eigenvalue weighted by atomic mass is 32.1. The van der Waals surface area contributed by atoms with Gasteiger partial charge in [-0.15, -0.1) is 0 Å². The van der Waals surface area contributed by atoms with Crippen LogP contribution < -0.4 is 5.73 Å². The molecule has 0 spiro atoms. The van der Waals surface area contributed by atoms with Gasteiger partial charge in [0.1, 0.15) is 5.82 Å². The molecule has 0 aliphatic carbocycles. The van der Waals surface area contributed by atoms with Gasteiger partial charge in [-0.05, 0) is 24.7 Å². The highest BCUT2D eigenvalue weighted by Crippen LogP contribution is 2.03. The van der Waals surface area contributed by atoms with Crippen molar-refractivity contribution in [2.45, 2.75) is 26.8 Å². The van der Waals surface area contributed by atoms with Gasteiger partial charge in [-0.25, -0.2) is 0 Å². The van der Waals surface area contributed by atoms with Crippen molar-refractivity contribution in [2.75, 3.05) is 6.54 Å². The molecule has 0 aliphatic heterocycles. The first-order valence-corrected chi connectivity index (χ1v) is 4.90. The van der Waals surface area contributed by atoms with Crippen molar-refractivity contribution in [2.24, 2.45) is 11.7 Å². The molecule has 0 bridgehead atoms. The summed E-state index contributed by atoms with van der Waals surface area (Å²) in [5.74, 6) is 1.53. The zero-order chi connectivity index (χ0) is 9.84. The van der Waals surface area contributed by atoms with Crippen LogP contribution in [-0.2, 0) is 13.0 Å². The molecule has 0 saturated carbocycles. The summed E-state index contributed by atoms with van der Waals surface area (Å²) in [6.07, 6.45) is 0.778. The summed E-state index contributed by atoms with van der Waals surface area (Å²) < 4.78 is 2.71. The molecule has 0 atom stereocenters. The predicted molar refractivity (Wildman–Crippen MR) is 55.0 cm³/mol. The lowest BCUT2D eigenvalue weighted by Crippen LogP contribution is -2.12.